The largest absolute Gasteiger partial charge is 0.312 e. The van der Waals surface area contributed by atoms with E-state index in [4.69, 9.17) is 0 Å². The number of benzene rings is 1. The molecule has 15 heavy (non-hydrogen) atoms. The van der Waals surface area contributed by atoms with Gasteiger partial charge in [0.1, 0.15) is 11.6 Å². The lowest BCUT2D eigenvalue weighted by atomic mass is 10.0. The van der Waals surface area contributed by atoms with Gasteiger partial charge in [-0.15, -0.1) is 11.8 Å². The van der Waals surface area contributed by atoms with Crippen LogP contribution in [-0.4, -0.2) is 7.05 Å². The minimum atomic E-state index is -0.560. The van der Waals surface area contributed by atoms with Crippen molar-refractivity contribution in [3.8, 4) is 11.8 Å². The van der Waals surface area contributed by atoms with Crippen molar-refractivity contribution in [2.24, 2.45) is 0 Å². The van der Waals surface area contributed by atoms with Crippen LogP contribution in [0.2, 0.25) is 0 Å². The molecule has 0 bridgehead atoms. The molecule has 80 valence electrons. The van der Waals surface area contributed by atoms with E-state index >= 15 is 0 Å². The number of halogens is 2. The van der Waals surface area contributed by atoms with E-state index in [0.717, 1.165) is 6.07 Å². The van der Waals surface area contributed by atoms with E-state index in [9.17, 15) is 8.78 Å². The number of hydrogen-bond acceptors (Lipinski definition) is 1. The van der Waals surface area contributed by atoms with Crippen LogP contribution < -0.4 is 5.32 Å². The Morgan fingerprint density at radius 3 is 2.33 bits per heavy atom. The summed E-state index contributed by atoms with van der Waals surface area (Å²) in [7, 11) is 1.74. The molecule has 0 saturated heterocycles. The molecule has 1 rings (SSSR count). The van der Waals surface area contributed by atoms with Crippen molar-refractivity contribution < 1.29 is 8.78 Å². The molecule has 0 aliphatic carbocycles. The molecule has 0 saturated carbocycles. The second-order valence-corrected chi connectivity index (χ2v) is 3.17. The lowest BCUT2D eigenvalue weighted by molar-refractivity contribution is 0.558. The predicted molar refractivity (Wildman–Crippen MR) is 56.2 cm³/mol. The topological polar surface area (TPSA) is 12.0 Å². The lowest BCUT2D eigenvalue weighted by Crippen LogP contribution is -2.16. The summed E-state index contributed by atoms with van der Waals surface area (Å²) in [6.07, 6.45) is 0.538. The van der Waals surface area contributed by atoms with Crippen LogP contribution in [0.1, 0.15) is 24.9 Å². The van der Waals surface area contributed by atoms with Crippen LogP contribution in [0.4, 0.5) is 8.78 Å². The number of rotatable bonds is 3. The van der Waals surface area contributed by atoms with E-state index < -0.39 is 11.6 Å². The zero-order valence-corrected chi connectivity index (χ0v) is 8.77. The molecule has 0 heterocycles. The average molecular weight is 209 g/mol. The first kappa shape index (κ1) is 11.7. The predicted octanol–water partition coefficient (Wildman–Crippen LogP) is 2.64. The summed E-state index contributed by atoms with van der Waals surface area (Å²) in [6, 6.07) is 3.37. The first-order chi connectivity index (χ1) is 7.17. The van der Waals surface area contributed by atoms with E-state index in [0.29, 0.717) is 12.0 Å². The minimum absolute atomic E-state index is 0.136. The van der Waals surface area contributed by atoms with Gasteiger partial charge >= 0.3 is 0 Å². The summed E-state index contributed by atoms with van der Waals surface area (Å²) in [6.45, 7) is 1.74. The highest BCUT2D eigenvalue weighted by molar-refractivity contribution is 5.22. The zero-order chi connectivity index (χ0) is 11.3. The van der Waals surface area contributed by atoms with E-state index in [1.807, 2.05) is 0 Å². The van der Waals surface area contributed by atoms with Crippen molar-refractivity contribution in [3.05, 3.63) is 35.4 Å². The fourth-order valence-corrected chi connectivity index (χ4v) is 1.37. The normalized spacial score (nSPS) is 11.7. The molecule has 0 aliphatic heterocycles. The maximum absolute atomic E-state index is 12.9. The van der Waals surface area contributed by atoms with Crippen LogP contribution in [0.5, 0.6) is 0 Å². The van der Waals surface area contributed by atoms with Gasteiger partial charge in [0.25, 0.3) is 0 Å². The Morgan fingerprint density at radius 2 is 1.87 bits per heavy atom. The van der Waals surface area contributed by atoms with Crippen molar-refractivity contribution in [1.82, 2.24) is 5.32 Å². The summed E-state index contributed by atoms with van der Waals surface area (Å²) < 4.78 is 25.9. The lowest BCUT2D eigenvalue weighted by Gasteiger charge is -2.13. The van der Waals surface area contributed by atoms with Crippen molar-refractivity contribution in [2.75, 3.05) is 7.05 Å². The molecule has 0 fully saturated rings. The highest BCUT2D eigenvalue weighted by atomic mass is 19.1. The maximum Gasteiger partial charge on any atom is 0.126 e. The van der Waals surface area contributed by atoms with Gasteiger partial charge in [-0.25, -0.2) is 8.78 Å². The first-order valence-corrected chi connectivity index (χ1v) is 4.70. The standard InChI is InChI=1S/C12H13F2N/c1-3-4-5-12(15-2)9-6-10(13)8-11(14)7-9/h6-8,12,15H,5H2,1-2H3. The van der Waals surface area contributed by atoms with Gasteiger partial charge in [0.2, 0.25) is 0 Å². The molecular weight excluding hydrogens is 196 g/mol. The second kappa shape index (κ2) is 5.47. The van der Waals surface area contributed by atoms with Crippen LogP contribution in [0, 0.1) is 23.5 Å². The smallest absolute Gasteiger partial charge is 0.126 e. The van der Waals surface area contributed by atoms with Crippen molar-refractivity contribution in [1.29, 1.82) is 0 Å². The molecule has 0 aliphatic rings. The Balaban J connectivity index is 2.93. The van der Waals surface area contributed by atoms with Gasteiger partial charge in [-0.05, 0) is 31.7 Å². The van der Waals surface area contributed by atoms with Crippen LogP contribution >= 0.6 is 0 Å². The van der Waals surface area contributed by atoms with Crippen LogP contribution in [0.15, 0.2) is 18.2 Å². The van der Waals surface area contributed by atoms with E-state index in [1.165, 1.54) is 12.1 Å². The summed E-state index contributed by atoms with van der Waals surface area (Å²) >= 11 is 0. The molecule has 3 heteroatoms. The fraction of sp³-hybridized carbons (Fsp3) is 0.333. The van der Waals surface area contributed by atoms with E-state index in [2.05, 4.69) is 17.2 Å². The Bertz CT molecular complexity index is 370. The van der Waals surface area contributed by atoms with E-state index in [1.54, 1.807) is 14.0 Å². The third-order valence-corrected chi connectivity index (χ3v) is 2.12. The monoisotopic (exact) mass is 209 g/mol. The van der Waals surface area contributed by atoms with Gasteiger partial charge < -0.3 is 5.32 Å². The molecule has 0 spiro atoms. The van der Waals surface area contributed by atoms with E-state index in [-0.39, 0.29) is 6.04 Å². The highest BCUT2D eigenvalue weighted by Gasteiger charge is 2.10. The molecule has 0 aromatic heterocycles. The van der Waals surface area contributed by atoms with Crippen molar-refractivity contribution in [3.63, 3.8) is 0 Å². The van der Waals surface area contributed by atoms with Gasteiger partial charge in [-0.1, -0.05) is 0 Å². The number of nitrogens with one attached hydrogen (secondary N) is 1. The molecule has 1 unspecified atom stereocenters. The molecule has 0 amide bonds. The van der Waals surface area contributed by atoms with Gasteiger partial charge in [-0.2, -0.15) is 0 Å². The van der Waals surface area contributed by atoms with Crippen molar-refractivity contribution in [2.45, 2.75) is 19.4 Å². The minimum Gasteiger partial charge on any atom is -0.312 e. The molecule has 1 nitrogen and oxygen atoms in total. The highest BCUT2D eigenvalue weighted by Crippen LogP contribution is 2.18. The molecule has 0 radical (unpaired) electrons. The molecule has 1 N–H and O–H groups in total. The average Bonchev–Trinajstić information content (AvgIpc) is 2.17. The number of hydrogen-bond donors (Lipinski definition) is 1. The molecular formula is C12H13F2N. The Hall–Kier alpha value is -1.40. The first-order valence-electron chi connectivity index (χ1n) is 4.70. The van der Waals surface area contributed by atoms with Gasteiger partial charge in [0.05, 0.1) is 0 Å². The van der Waals surface area contributed by atoms with Gasteiger partial charge in [0, 0.05) is 18.5 Å². The summed E-state index contributed by atoms with van der Waals surface area (Å²) in [4.78, 5) is 0. The van der Waals surface area contributed by atoms with Gasteiger partial charge in [-0.3, -0.25) is 0 Å². The third-order valence-electron chi connectivity index (χ3n) is 2.12. The van der Waals surface area contributed by atoms with Crippen LogP contribution in [-0.2, 0) is 0 Å². The maximum atomic E-state index is 12.9. The van der Waals surface area contributed by atoms with Crippen LogP contribution in [0.25, 0.3) is 0 Å². The second-order valence-electron chi connectivity index (χ2n) is 3.17. The summed E-state index contributed by atoms with van der Waals surface area (Å²) in [5.41, 5.74) is 0.581. The third kappa shape index (κ3) is 3.34. The van der Waals surface area contributed by atoms with Crippen LogP contribution in [0.3, 0.4) is 0 Å². The molecule has 1 atom stereocenters. The van der Waals surface area contributed by atoms with Gasteiger partial charge in [0.15, 0.2) is 0 Å². The fourth-order valence-electron chi connectivity index (χ4n) is 1.37. The Kier molecular flexibility index (Phi) is 4.26. The molecule has 1 aromatic carbocycles. The quantitative estimate of drug-likeness (QED) is 0.754. The SMILES string of the molecule is CC#CCC(NC)c1cc(F)cc(F)c1. The molecule has 1 aromatic rings. The summed E-state index contributed by atoms with van der Waals surface area (Å²) in [5, 5.41) is 2.97. The Labute approximate surface area is 88.5 Å². The van der Waals surface area contributed by atoms with Crippen molar-refractivity contribution >= 4 is 0 Å². The zero-order valence-electron chi connectivity index (χ0n) is 8.77. The summed E-state index contributed by atoms with van der Waals surface area (Å²) in [5.74, 6) is 4.51. The Morgan fingerprint density at radius 1 is 1.27 bits per heavy atom.